The number of halogens is 1. The Morgan fingerprint density at radius 1 is 1.19 bits per heavy atom. The van der Waals surface area contributed by atoms with Gasteiger partial charge in [0.2, 0.25) is 5.91 Å². The smallest absolute Gasteiger partial charge is 0.242 e. The maximum atomic E-state index is 12.0. The minimum absolute atomic E-state index is 0. The highest BCUT2D eigenvalue weighted by Crippen LogP contribution is 2.16. The van der Waals surface area contributed by atoms with Crippen molar-refractivity contribution in [2.45, 2.75) is 66.0 Å². The van der Waals surface area contributed by atoms with E-state index in [2.05, 4.69) is 27.9 Å². The lowest BCUT2D eigenvalue weighted by atomic mass is 10.1. The first kappa shape index (κ1) is 25.5. The zero-order chi connectivity index (χ0) is 19.6. The summed E-state index contributed by atoms with van der Waals surface area (Å²) in [6.45, 7) is 12.9. The second kappa shape index (κ2) is 12.8. The third kappa shape index (κ3) is 12.5. The molecule has 27 heavy (non-hydrogen) atoms. The fraction of sp³-hybridized carbons (Fsp3) is 0.600. The van der Waals surface area contributed by atoms with Gasteiger partial charge in [0.05, 0.1) is 6.10 Å². The number of amides is 1. The van der Waals surface area contributed by atoms with Crippen molar-refractivity contribution in [2.24, 2.45) is 4.99 Å². The molecule has 0 fully saturated rings. The molecule has 1 aromatic rings. The second-order valence-electron chi connectivity index (χ2n) is 7.56. The summed E-state index contributed by atoms with van der Waals surface area (Å²) >= 11 is 0. The van der Waals surface area contributed by atoms with E-state index < -0.39 is 0 Å². The third-order valence-electron chi connectivity index (χ3n) is 3.21. The lowest BCUT2D eigenvalue weighted by molar-refractivity contribution is -0.121. The molecule has 0 atom stereocenters. The molecule has 1 rings (SSSR count). The summed E-state index contributed by atoms with van der Waals surface area (Å²) in [6.07, 6.45) is 2.27. The summed E-state index contributed by atoms with van der Waals surface area (Å²) in [5.74, 6) is 1.32. The number of ether oxygens (including phenoxy) is 1. The van der Waals surface area contributed by atoms with Crippen molar-refractivity contribution in [3.05, 3.63) is 24.3 Å². The Balaban J connectivity index is 0.00000676. The van der Waals surface area contributed by atoms with Gasteiger partial charge in [-0.2, -0.15) is 0 Å². The molecule has 0 spiro atoms. The van der Waals surface area contributed by atoms with Gasteiger partial charge in [0.1, 0.15) is 12.3 Å². The number of nitrogens with one attached hydrogen (secondary N) is 3. The summed E-state index contributed by atoms with van der Waals surface area (Å²) in [7, 11) is 0. The van der Waals surface area contributed by atoms with E-state index in [0.29, 0.717) is 5.96 Å². The van der Waals surface area contributed by atoms with Crippen molar-refractivity contribution in [3.63, 3.8) is 0 Å². The minimum Gasteiger partial charge on any atom is -0.491 e. The van der Waals surface area contributed by atoms with Gasteiger partial charge in [-0.1, -0.05) is 13.3 Å². The summed E-state index contributed by atoms with van der Waals surface area (Å²) in [6, 6.07) is 7.70. The van der Waals surface area contributed by atoms with Crippen molar-refractivity contribution in [1.82, 2.24) is 10.6 Å². The van der Waals surface area contributed by atoms with Crippen molar-refractivity contribution >= 4 is 41.5 Å². The molecule has 0 aliphatic rings. The van der Waals surface area contributed by atoms with Crippen LogP contribution in [0.15, 0.2) is 29.3 Å². The molecule has 3 N–H and O–H groups in total. The van der Waals surface area contributed by atoms with Crippen LogP contribution < -0.4 is 20.7 Å². The molecule has 0 saturated heterocycles. The molecule has 0 aromatic heterocycles. The van der Waals surface area contributed by atoms with E-state index in [0.717, 1.165) is 30.8 Å². The number of anilines is 1. The van der Waals surface area contributed by atoms with Crippen LogP contribution >= 0.6 is 24.0 Å². The number of guanidine groups is 1. The third-order valence-corrected chi connectivity index (χ3v) is 3.21. The highest BCUT2D eigenvalue weighted by Gasteiger charge is 2.13. The van der Waals surface area contributed by atoms with Crippen LogP contribution in [0.3, 0.4) is 0 Å². The maximum absolute atomic E-state index is 12.0. The van der Waals surface area contributed by atoms with Crippen LogP contribution in [-0.2, 0) is 4.79 Å². The molecule has 0 radical (unpaired) electrons. The fourth-order valence-corrected chi connectivity index (χ4v) is 2.16. The maximum Gasteiger partial charge on any atom is 0.242 e. The molecular formula is C20H35IN4O2. The predicted octanol–water partition coefficient (Wildman–Crippen LogP) is 4.16. The monoisotopic (exact) mass is 490 g/mol. The van der Waals surface area contributed by atoms with Crippen LogP contribution in [-0.4, -0.2) is 36.6 Å². The van der Waals surface area contributed by atoms with Crippen LogP contribution in [0.4, 0.5) is 5.69 Å². The Bertz CT molecular complexity index is 581. The standard InChI is InChI=1S/C20H34N4O2.HI/c1-7-8-13-21-19(22-14-18(25)24-20(4,5)6)23-16-9-11-17(12-10-16)26-15(2)3;/h9-12,15H,7-8,13-14H2,1-6H3,(H,24,25)(H2,21,22,23);1H. The van der Waals surface area contributed by atoms with Gasteiger partial charge in [-0.05, 0) is 65.3 Å². The minimum atomic E-state index is -0.262. The molecular weight excluding hydrogens is 455 g/mol. The second-order valence-corrected chi connectivity index (χ2v) is 7.56. The molecule has 0 aliphatic heterocycles. The first-order valence-corrected chi connectivity index (χ1v) is 9.32. The van der Waals surface area contributed by atoms with Gasteiger partial charge in [-0.15, -0.1) is 24.0 Å². The SMILES string of the molecule is CCCCNC(=NCC(=O)NC(C)(C)C)Nc1ccc(OC(C)C)cc1.I. The molecule has 1 amide bonds. The van der Waals surface area contributed by atoms with Crippen LogP contribution in [0, 0.1) is 0 Å². The Labute approximate surface area is 181 Å². The number of carbonyl (C=O) groups excluding carboxylic acids is 1. The Kier molecular flexibility index (Phi) is 12.1. The van der Waals surface area contributed by atoms with Crippen molar-refractivity contribution in [2.75, 3.05) is 18.4 Å². The van der Waals surface area contributed by atoms with Crippen molar-refractivity contribution < 1.29 is 9.53 Å². The molecule has 6 nitrogen and oxygen atoms in total. The highest BCUT2D eigenvalue weighted by molar-refractivity contribution is 14.0. The average molecular weight is 490 g/mol. The van der Waals surface area contributed by atoms with Gasteiger partial charge >= 0.3 is 0 Å². The predicted molar refractivity (Wildman–Crippen MR) is 124 cm³/mol. The molecule has 0 bridgehead atoms. The number of benzene rings is 1. The molecule has 0 aliphatic carbocycles. The zero-order valence-electron chi connectivity index (χ0n) is 17.4. The first-order chi connectivity index (χ1) is 12.2. The van der Waals surface area contributed by atoms with E-state index in [1.165, 1.54) is 0 Å². The van der Waals surface area contributed by atoms with E-state index in [9.17, 15) is 4.79 Å². The Hall–Kier alpha value is -1.51. The average Bonchev–Trinajstić information content (AvgIpc) is 2.52. The largest absolute Gasteiger partial charge is 0.491 e. The van der Waals surface area contributed by atoms with Gasteiger partial charge in [0.15, 0.2) is 5.96 Å². The number of aliphatic imine (C=N–C) groups is 1. The summed E-state index contributed by atoms with van der Waals surface area (Å²) in [5, 5.41) is 9.41. The van der Waals surface area contributed by atoms with Gasteiger partial charge in [0.25, 0.3) is 0 Å². The number of unbranched alkanes of at least 4 members (excludes halogenated alkanes) is 1. The normalized spacial score (nSPS) is 11.6. The number of carbonyl (C=O) groups is 1. The number of nitrogens with zero attached hydrogens (tertiary/aromatic N) is 1. The quantitative estimate of drug-likeness (QED) is 0.222. The molecule has 0 unspecified atom stereocenters. The van der Waals surface area contributed by atoms with E-state index >= 15 is 0 Å². The number of rotatable bonds is 8. The Morgan fingerprint density at radius 2 is 1.81 bits per heavy atom. The van der Waals surface area contributed by atoms with E-state index in [-0.39, 0.29) is 48.1 Å². The Morgan fingerprint density at radius 3 is 2.33 bits per heavy atom. The van der Waals surface area contributed by atoms with Gasteiger partial charge in [-0.3, -0.25) is 4.79 Å². The van der Waals surface area contributed by atoms with Gasteiger partial charge < -0.3 is 20.7 Å². The van der Waals surface area contributed by atoms with E-state index in [1.807, 2.05) is 58.9 Å². The van der Waals surface area contributed by atoms with E-state index in [1.54, 1.807) is 0 Å². The highest BCUT2D eigenvalue weighted by atomic mass is 127. The molecule has 7 heteroatoms. The topological polar surface area (TPSA) is 74.8 Å². The van der Waals surface area contributed by atoms with Crippen LogP contribution in [0.5, 0.6) is 5.75 Å². The van der Waals surface area contributed by atoms with Crippen molar-refractivity contribution in [1.29, 1.82) is 0 Å². The van der Waals surface area contributed by atoms with Crippen LogP contribution in [0.25, 0.3) is 0 Å². The van der Waals surface area contributed by atoms with Gasteiger partial charge in [-0.25, -0.2) is 4.99 Å². The molecule has 1 aromatic carbocycles. The number of hydrogen-bond acceptors (Lipinski definition) is 3. The first-order valence-electron chi connectivity index (χ1n) is 9.32. The van der Waals surface area contributed by atoms with Crippen LogP contribution in [0.2, 0.25) is 0 Å². The van der Waals surface area contributed by atoms with Crippen LogP contribution in [0.1, 0.15) is 54.4 Å². The van der Waals surface area contributed by atoms with E-state index in [4.69, 9.17) is 4.74 Å². The lowest BCUT2D eigenvalue weighted by Gasteiger charge is -2.20. The zero-order valence-corrected chi connectivity index (χ0v) is 19.7. The number of hydrogen-bond donors (Lipinski definition) is 3. The lowest BCUT2D eigenvalue weighted by Crippen LogP contribution is -2.42. The van der Waals surface area contributed by atoms with Gasteiger partial charge in [0, 0.05) is 17.8 Å². The summed E-state index contributed by atoms with van der Waals surface area (Å²) in [5.41, 5.74) is 0.627. The summed E-state index contributed by atoms with van der Waals surface area (Å²) < 4.78 is 5.65. The molecule has 0 saturated carbocycles. The molecule has 0 heterocycles. The molecule has 154 valence electrons. The fourth-order valence-electron chi connectivity index (χ4n) is 2.16. The van der Waals surface area contributed by atoms with Crippen molar-refractivity contribution in [3.8, 4) is 5.75 Å². The summed E-state index contributed by atoms with van der Waals surface area (Å²) in [4.78, 5) is 16.4.